The Balaban J connectivity index is 6.16. The van der Waals surface area contributed by atoms with Gasteiger partial charge in [-0.25, -0.2) is 4.39 Å². The maximum atomic E-state index is 13.1. The standard InChI is InChI=1S/C10H11F9O2/c1-3-5(2)6(20)21-8(9(14,15)16,10(17,18)19)7(12,13)4-11/h5H,3-4H2,1-2H3. The van der Waals surface area contributed by atoms with Crippen molar-refractivity contribution in [2.75, 3.05) is 6.67 Å². The first-order chi connectivity index (χ1) is 9.18. The zero-order valence-electron chi connectivity index (χ0n) is 10.7. The molecule has 0 amide bonds. The van der Waals surface area contributed by atoms with Crippen molar-refractivity contribution in [3.63, 3.8) is 0 Å². The van der Waals surface area contributed by atoms with Gasteiger partial charge in [-0.05, 0) is 6.42 Å². The fourth-order valence-corrected chi connectivity index (χ4v) is 1.28. The summed E-state index contributed by atoms with van der Waals surface area (Å²) < 4.78 is 117. The smallest absolute Gasteiger partial charge is 0.434 e. The number of halogens is 9. The highest BCUT2D eigenvalue weighted by Crippen LogP contribution is 2.54. The summed E-state index contributed by atoms with van der Waals surface area (Å²) in [7, 11) is 0. The van der Waals surface area contributed by atoms with E-state index in [4.69, 9.17) is 0 Å². The Morgan fingerprint density at radius 2 is 1.38 bits per heavy atom. The third-order valence-corrected chi connectivity index (χ3v) is 2.75. The van der Waals surface area contributed by atoms with Crippen molar-refractivity contribution >= 4 is 5.97 Å². The van der Waals surface area contributed by atoms with E-state index < -0.39 is 42.4 Å². The summed E-state index contributed by atoms with van der Waals surface area (Å²) in [5.74, 6) is -9.68. The number of carbonyl (C=O) groups is 1. The molecule has 0 radical (unpaired) electrons. The number of hydrogen-bond acceptors (Lipinski definition) is 2. The predicted octanol–water partition coefficient (Wildman–Crippen LogP) is 4.04. The molecule has 21 heavy (non-hydrogen) atoms. The molecule has 0 rings (SSSR count). The van der Waals surface area contributed by atoms with Gasteiger partial charge in [0.2, 0.25) is 0 Å². The third kappa shape index (κ3) is 3.37. The first kappa shape index (κ1) is 19.8. The van der Waals surface area contributed by atoms with Crippen LogP contribution in [0.5, 0.6) is 0 Å². The van der Waals surface area contributed by atoms with Crippen LogP contribution in [0.2, 0.25) is 0 Å². The highest BCUT2D eigenvalue weighted by atomic mass is 19.4. The molecule has 0 aliphatic rings. The van der Waals surface area contributed by atoms with Gasteiger partial charge in [-0.15, -0.1) is 0 Å². The van der Waals surface area contributed by atoms with Gasteiger partial charge in [0.05, 0.1) is 5.92 Å². The molecule has 11 heteroatoms. The normalized spacial score (nSPS) is 15.8. The van der Waals surface area contributed by atoms with Crippen LogP contribution in [0.15, 0.2) is 0 Å². The molecule has 0 aliphatic heterocycles. The average Bonchev–Trinajstić information content (AvgIpc) is 2.30. The average molecular weight is 334 g/mol. The summed E-state index contributed by atoms with van der Waals surface area (Å²) in [6.45, 7) is -1.21. The van der Waals surface area contributed by atoms with Crippen LogP contribution in [0, 0.1) is 5.92 Å². The van der Waals surface area contributed by atoms with E-state index in [1.165, 1.54) is 6.92 Å². The van der Waals surface area contributed by atoms with Crippen LogP contribution in [0.1, 0.15) is 20.3 Å². The zero-order valence-corrected chi connectivity index (χ0v) is 10.7. The molecular formula is C10H11F9O2. The van der Waals surface area contributed by atoms with Crippen LogP contribution in [0.4, 0.5) is 39.5 Å². The van der Waals surface area contributed by atoms with E-state index >= 15 is 0 Å². The molecular weight excluding hydrogens is 323 g/mol. The highest BCUT2D eigenvalue weighted by Gasteiger charge is 2.86. The van der Waals surface area contributed by atoms with Crippen molar-refractivity contribution in [2.45, 2.75) is 44.1 Å². The van der Waals surface area contributed by atoms with Gasteiger partial charge in [0, 0.05) is 0 Å². The molecule has 0 spiro atoms. The molecule has 0 fully saturated rings. The summed E-state index contributed by atoms with van der Waals surface area (Å²) in [6.07, 6.45) is -13.8. The van der Waals surface area contributed by atoms with Crippen LogP contribution >= 0.6 is 0 Å². The third-order valence-electron chi connectivity index (χ3n) is 2.75. The van der Waals surface area contributed by atoms with E-state index in [0.29, 0.717) is 0 Å². The van der Waals surface area contributed by atoms with Gasteiger partial charge < -0.3 is 4.74 Å². The van der Waals surface area contributed by atoms with Crippen molar-refractivity contribution in [1.82, 2.24) is 0 Å². The van der Waals surface area contributed by atoms with Crippen LogP contribution in [-0.2, 0) is 9.53 Å². The molecule has 126 valence electrons. The molecule has 1 unspecified atom stereocenters. The van der Waals surface area contributed by atoms with Crippen molar-refractivity contribution in [3.8, 4) is 0 Å². The Morgan fingerprint density at radius 1 is 1.00 bits per heavy atom. The lowest BCUT2D eigenvalue weighted by Crippen LogP contribution is -2.70. The number of hydrogen-bond donors (Lipinski definition) is 0. The summed E-state index contributed by atoms with van der Waals surface area (Å²) in [4.78, 5) is 11.2. The van der Waals surface area contributed by atoms with Crippen molar-refractivity contribution < 1.29 is 49.0 Å². The van der Waals surface area contributed by atoms with Gasteiger partial charge in [0.1, 0.15) is 0 Å². The monoisotopic (exact) mass is 334 g/mol. The number of alkyl halides is 9. The van der Waals surface area contributed by atoms with Gasteiger partial charge in [-0.2, -0.15) is 35.1 Å². The fourth-order valence-electron chi connectivity index (χ4n) is 1.28. The predicted molar refractivity (Wildman–Crippen MR) is 51.3 cm³/mol. The van der Waals surface area contributed by atoms with E-state index in [0.717, 1.165) is 6.92 Å². The minimum Gasteiger partial charge on any atom is -0.434 e. The molecule has 0 aromatic rings. The number of carbonyl (C=O) groups excluding carboxylic acids is 1. The van der Waals surface area contributed by atoms with Crippen LogP contribution in [0.3, 0.4) is 0 Å². The Bertz CT molecular complexity index is 358. The topological polar surface area (TPSA) is 26.3 Å². The first-order valence-electron chi connectivity index (χ1n) is 5.48. The van der Waals surface area contributed by atoms with Crippen molar-refractivity contribution in [1.29, 1.82) is 0 Å². The Kier molecular flexibility index (Phi) is 5.59. The molecule has 0 aliphatic carbocycles. The molecule has 0 aromatic carbocycles. The minimum absolute atomic E-state index is 0.258. The van der Waals surface area contributed by atoms with E-state index in [2.05, 4.69) is 4.74 Å². The van der Waals surface area contributed by atoms with Crippen molar-refractivity contribution in [2.24, 2.45) is 5.92 Å². The number of esters is 1. The van der Waals surface area contributed by atoms with E-state index in [1.807, 2.05) is 0 Å². The summed E-state index contributed by atoms with van der Waals surface area (Å²) in [5, 5.41) is 0. The second kappa shape index (κ2) is 5.91. The molecule has 0 saturated heterocycles. The molecule has 1 atom stereocenters. The molecule has 2 nitrogen and oxygen atoms in total. The van der Waals surface area contributed by atoms with E-state index in [-0.39, 0.29) is 6.42 Å². The first-order valence-corrected chi connectivity index (χ1v) is 5.48. The van der Waals surface area contributed by atoms with Crippen LogP contribution < -0.4 is 0 Å². The maximum absolute atomic E-state index is 13.1. The Hall–Kier alpha value is -1.16. The molecule has 0 bridgehead atoms. The lowest BCUT2D eigenvalue weighted by Gasteiger charge is -2.40. The zero-order chi connectivity index (χ0) is 17.3. The van der Waals surface area contributed by atoms with E-state index in [9.17, 15) is 44.3 Å². The quantitative estimate of drug-likeness (QED) is 0.560. The number of rotatable bonds is 5. The number of ether oxygens (including phenoxy) is 1. The molecule has 0 heterocycles. The SMILES string of the molecule is CCC(C)C(=O)OC(C(F)(F)F)(C(F)(F)F)C(F)(F)CF. The maximum Gasteiger partial charge on any atom is 0.444 e. The lowest BCUT2D eigenvalue weighted by atomic mass is 9.93. The molecule has 0 N–H and O–H groups in total. The van der Waals surface area contributed by atoms with Gasteiger partial charge in [0.15, 0.2) is 6.67 Å². The fraction of sp³-hybridized carbons (Fsp3) is 0.900. The summed E-state index contributed by atoms with van der Waals surface area (Å²) in [6, 6.07) is 0. The summed E-state index contributed by atoms with van der Waals surface area (Å²) in [5.41, 5.74) is -6.23. The highest BCUT2D eigenvalue weighted by molar-refractivity contribution is 5.72. The molecule has 0 aromatic heterocycles. The Morgan fingerprint density at radius 3 is 1.62 bits per heavy atom. The van der Waals surface area contributed by atoms with Gasteiger partial charge in [0.25, 0.3) is 0 Å². The molecule has 0 saturated carbocycles. The van der Waals surface area contributed by atoms with Gasteiger partial charge in [-0.3, -0.25) is 4.79 Å². The summed E-state index contributed by atoms with van der Waals surface area (Å²) >= 11 is 0. The van der Waals surface area contributed by atoms with Gasteiger partial charge >= 0.3 is 29.8 Å². The van der Waals surface area contributed by atoms with Gasteiger partial charge in [-0.1, -0.05) is 13.8 Å². The van der Waals surface area contributed by atoms with E-state index in [1.54, 1.807) is 0 Å². The minimum atomic E-state index is -6.76. The van der Waals surface area contributed by atoms with Crippen LogP contribution in [0.25, 0.3) is 0 Å². The second-order valence-corrected chi connectivity index (χ2v) is 4.25. The lowest BCUT2D eigenvalue weighted by molar-refractivity contribution is -0.423. The Labute approximate surface area is 113 Å². The largest absolute Gasteiger partial charge is 0.444 e. The second-order valence-electron chi connectivity index (χ2n) is 4.25. The van der Waals surface area contributed by atoms with Crippen LogP contribution in [-0.4, -0.2) is 36.5 Å². The van der Waals surface area contributed by atoms with Crippen molar-refractivity contribution in [3.05, 3.63) is 0 Å².